The predicted molar refractivity (Wildman–Crippen MR) is 113 cm³/mol. The second-order valence-electron chi connectivity index (χ2n) is 6.40. The minimum Gasteiger partial charge on any atom is -0.465 e. The van der Waals surface area contributed by atoms with E-state index in [1.807, 2.05) is 30.3 Å². The van der Waals surface area contributed by atoms with E-state index in [0.717, 1.165) is 5.56 Å². The van der Waals surface area contributed by atoms with Gasteiger partial charge in [-0.1, -0.05) is 30.3 Å². The molecule has 0 aliphatic carbocycles. The Hall–Kier alpha value is -3.85. The van der Waals surface area contributed by atoms with Crippen molar-refractivity contribution in [3.8, 4) is 0 Å². The molecule has 2 aromatic heterocycles. The molecule has 156 valence electrons. The molecule has 0 aliphatic rings. The third kappa shape index (κ3) is 4.76. The maximum Gasteiger partial charge on any atom is 0.330 e. The predicted octanol–water partition coefficient (Wildman–Crippen LogP) is 1.45. The number of nitrogens with zero attached hydrogens (tertiary/aromatic N) is 2. The van der Waals surface area contributed by atoms with Gasteiger partial charge in [-0.3, -0.25) is 24.0 Å². The van der Waals surface area contributed by atoms with Crippen molar-refractivity contribution in [2.24, 2.45) is 0 Å². The van der Waals surface area contributed by atoms with Gasteiger partial charge in [-0.05, 0) is 23.8 Å². The molecule has 3 aromatic rings. The molecule has 0 spiro atoms. The Morgan fingerprint density at radius 1 is 1.23 bits per heavy atom. The lowest BCUT2D eigenvalue weighted by atomic mass is 10.2. The fourth-order valence-corrected chi connectivity index (χ4v) is 2.91. The Bertz CT molecular complexity index is 1130. The van der Waals surface area contributed by atoms with Crippen molar-refractivity contribution in [1.29, 1.82) is 0 Å². The highest BCUT2D eigenvalue weighted by Gasteiger charge is 2.23. The Balaban J connectivity index is 2.01. The maximum absolute atomic E-state index is 12.8. The number of nitrogens with one attached hydrogen (secondary N) is 1. The molecule has 0 fully saturated rings. The molecule has 0 radical (unpaired) electrons. The number of carbonyl (C=O) groups is 1. The molecule has 2 heterocycles. The molecular weight excluding hydrogens is 388 g/mol. The second-order valence-corrected chi connectivity index (χ2v) is 6.40. The summed E-state index contributed by atoms with van der Waals surface area (Å²) in [6, 6.07) is 12.5. The van der Waals surface area contributed by atoms with Crippen LogP contribution in [0.2, 0.25) is 0 Å². The van der Waals surface area contributed by atoms with Crippen molar-refractivity contribution in [3.05, 3.63) is 87.0 Å². The zero-order valence-corrected chi connectivity index (χ0v) is 16.4. The van der Waals surface area contributed by atoms with Crippen LogP contribution in [0, 0.1) is 0 Å². The Kier molecular flexibility index (Phi) is 6.66. The van der Waals surface area contributed by atoms with E-state index in [2.05, 4.69) is 4.98 Å². The van der Waals surface area contributed by atoms with Crippen LogP contribution in [0.3, 0.4) is 0 Å². The second kappa shape index (κ2) is 9.57. The lowest BCUT2D eigenvalue weighted by Crippen LogP contribution is -2.42. The van der Waals surface area contributed by atoms with Crippen LogP contribution in [0.5, 0.6) is 0 Å². The van der Waals surface area contributed by atoms with Crippen LogP contribution >= 0.6 is 0 Å². The number of ether oxygens (including phenoxy) is 1. The number of rotatable bonds is 8. The topological polar surface area (TPSA) is 124 Å². The summed E-state index contributed by atoms with van der Waals surface area (Å²) in [4.78, 5) is 41.2. The Morgan fingerprint density at radius 2 is 2.00 bits per heavy atom. The van der Waals surface area contributed by atoms with Gasteiger partial charge in [0, 0.05) is 19.7 Å². The number of hydrogen-bond acceptors (Lipinski definition) is 6. The van der Waals surface area contributed by atoms with E-state index < -0.39 is 17.2 Å². The van der Waals surface area contributed by atoms with Crippen LogP contribution < -0.4 is 21.9 Å². The standard InChI is InChI=1S/C21H22N4O5/c1-29-13-11-24(17(26)10-9-16-8-5-12-30-16)18-19(22)25(21(28)23-20(18)27)14-15-6-3-2-4-7-15/h2-10,12H,11,13-14,22H2,1H3,(H,23,27,28)/b10-9+. The average Bonchev–Trinajstić information content (AvgIpc) is 3.26. The molecule has 0 saturated heterocycles. The molecule has 9 heteroatoms. The number of anilines is 2. The highest BCUT2D eigenvalue weighted by molar-refractivity contribution is 6.04. The minimum atomic E-state index is -0.752. The summed E-state index contributed by atoms with van der Waals surface area (Å²) in [6.07, 6.45) is 4.22. The molecule has 1 aromatic carbocycles. The van der Waals surface area contributed by atoms with E-state index in [4.69, 9.17) is 14.9 Å². The first kappa shape index (κ1) is 20.9. The summed E-state index contributed by atoms with van der Waals surface area (Å²) >= 11 is 0. The van der Waals surface area contributed by atoms with Gasteiger partial charge in [-0.15, -0.1) is 0 Å². The van der Waals surface area contributed by atoms with E-state index in [9.17, 15) is 14.4 Å². The zero-order valence-electron chi connectivity index (χ0n) is 16.4. The summed E-state index contributed by atoms with van der Waals surface area (Å²) in [5.74, 6) is -0.139. The lowest BCUT2D eigenvalue weighted by molar-refractivity contribution is -0.114. The number of methoxy groups -OCH3 is 1. The molecule has 30 heavy (non-hydrogen) atoms. The molecule has 1 amide bonds. The van der Waals surface area contributed by atoms with Crippen molar-refractivity contribution in [3.63, 3.8) is 0 Å². The van der Waals surface area contributed by atoms with Crippen molar-refractivity contribution < 1.29 is 13.9 Å². The van der Waals surface area contributed by atoms with Gasteiger partial charge in [-0.2, -0.15) is 0 Å². The van der Waals surface area contributed by atoms with E-state index in [-0.39, 0.29) is 31.2 Å². The van der Waals surface area contributed by atoms with Crippen molar-refractivity contribution >= 4 is 23.5 Å². The summed E-state index contributed by atoms with van der Waals surface area (Å²) in [6.45, 7) is 0.371. The fraction of sp³-hybridized carbons (Fsp3) is 0.190. The summed E-state index contributed by atoms with van der Waals surface area (Å²) in [7, 11) is 1.48. The highest BCUT2D eigenvalue weighted by Crippen LogP contribution is 2.18. The number of nitrogen functional groups attached to an aromatic ring is 1. The molecule has 0 saturated carbocycles. The van der Waals surface area contributed by atoms with Gasteiger partial charge in [-0.25, -0.2) is 4.79 Å². The molecule has 0 aliphatic heterocycles. The number of aromatic amines is 1. The van der Waals surface area contributed by atoms with Gasteiger partial charge in [0.2, 0.25) is 0 Å². The van der Waals surface area contributed by atoms with Gasteiger partial charge in [0.25, 0.3) is 11.5 Å². The number of nitrogens with two attached hydrogens (primary N) is 1. The molecule has 0 atom stereocenters. The number of amides is 1. The van der Waals surface area contributed by atoms with Crippen LogP contribution in [0.15, 0.2) is 68.8 Å². The van der Waals surface area contributed by atoms with Crippen LogP contribution in [-0.4, -0.2) is 35.7 Å². The number of carbonyl (C=O) groups excluding carboxylic acids is 1. The van der Waals surface area contributed by atoms with Crippen molar-refractivity contribution in [2.75, 3.05) is 30.9 Å². The molecule has 3 rings (SSSR count). The van der Waals surface area contributed by atoms with E-state index in [1.54, 1.807) is 12.1 Å². The Labute approximate surface area is 172 Å². The number of furan rings is 1. The third-order valence-electron chi connectivity index (χ3n) is 4.39. The van der Waals surface area contributed by atoms with Gasteiger partial charge in [0.15, 0.2) is 5.69 Å². The minimum absolute atomic E-state index is 0.0641. The highest BCUT2D eigenvalue weighted by atomic mass is 16.5. The average molecular weight is 410 g/mol. The van der Waals surface area contributed by atoms with Crippen molar-refractivity contribution in [1.82, 2.24) is 9.55 Å². The number of hydrogen-bond donors (Lipinski definition) is 2. The largest absolute Gasteiger partial charge is 0.465 e. The first-order chi connectivity index (χ1) is 14.5. The molecule has 0 bridgehead atoms. The van der Waals surface area contributed by atoms with Crippen LogP contribution in [-0.2, 0) is 16.1 Å². The normalized spacial score (nSPS) is 11.1. The zero-order chi connectivity index (χ0) is 21.5. The SMILES string of the molecule is COCCN(C(=O)/C=C/c1ccco1)c1c(N)n(Cc2ccccc2)c(=O)[nH]c1=O. The number of benzene rings is 1. The van der Waals surface area contributed by atoms with Gasteiger partial charge < -0.3 is 14.9 Å². The van der Waals surface area contributed by atoms with Gasteiger partial charge in [0.05, 0.1) is 19.4 Å². The van der Waals surface area contributed by atoms with Crippen LogP contribution in [0.1, 0.15) is 11.3 Å². The third-order valence-corrected chi connectivity index (χ3v) is 4.39. The summed E-state index contributed by atoms with van der Waals surface area (Å²) < 4.78 is 11.5. The van der Waals surface area contributed by atoms with Gasteiger partial charge >= 0.3 is 5.69 Å². The van der Waals surface area contributed by atoms with E-state index in [1.165, 1.54) is 35.0 Å². The van der Waals surface area contributed by atoms with Crippen LogP contribution in [0.4, 0.5) is 11.5 Å². The maximum atomic E-state index is 12.8. The lowest BCUT2D eigenvalue weighted by Gasteiger charge is -2.23. The summed E-state index contributed by atoms with van der Waals surface area (Å²) in [5, 5.41) is 0. The van der Waals surface area contributed by atoms with E-state index >= 15 is 0 Å². The monoisotopic (exact) mass is 410 g/mol. The smallest absolute Gasteiger partial charge is 0.330 e. The number of aromatic nitrogens is 2. The summed E-state index contributed by atoms with van der Waals surface area (Å²) in [5.41, 5.74) is 5.49. The first-order valence-corrected chi connectivity index (χ1v) is 9.19. The van der Waals surface area contributed by atoms with Crippen molar-refractivity contribution in [2.45, 2.75) is 6.54 Å². The Morgan fingerprint density at radius 3 is 2.67 bits per heavy atom. The quantitative estimate of drug-likeness (QED) is 0.542. The van der Waals surface area contributed by atoms with Gasteiger partial charge in [0.1, 0.15) is 11.6 Å². The molecule has 0 unspecified atom stereocenters. The fourth-order valence-electron chi connectivity index (χ4n) is 2.91. The molecule has 9 nitrogen and oxygen atoms in total. The molecular formula is C21H22N4O5. The van der Waals surface area contributed by atoms with E-state index in [0.29, 0.717) is 5.76 Å². The number of H-pyrrole nitrogens is 1. The first-order valence-electron chi connectivity index (χ1n) is 9.19. The van der Waals surface area contributed by atoms with Crippen LogP contribution in [0.25, 0.3) is 6.08 Å². The molecule has 3 N–H and O–H groups in total.